The number of amides is 1. The molecular weight excluding hydrogens is 344 g/mol. The van der Waals surface area contributed by atoms with Gasteiger partial charge >= 0.3 is 0 Å². The van der Waals surface area contributed by atoms with E-state index >= 15 is 0 Å². The second-order valence-corrected chi connectivity index (χ2v) is 5.35. The van der Waals surface area contributed by atoms with Gasteiger partial charge in [-0.3, -0.25) is 14.9 Å². The number of hydrogen-bond donors (Lipinski definition) is 1. The molecule has 1 aliphatic heterocycles. The van der Waals surface area contributed by atoms with Gasteiger partial charge in [-0.15, -0.1) is 0 Å². The lowest BCUT2D eigenvalue weighted by Crippen LogP contribution is -2.28. The monoisotopic (exact) mass is 360 g/mol. The van der Waals surface area contributed by atoms with Crippen LogP contribution in [0.4, 0.5) is 5.69 Å². The van der Waals surface area contributed by atoms with Crippen LogP contribution in [0.2, 0.25) is 0 Å². The summed E-state index contributed by atoms with van der Waals surface area (Å²) in [6.07, 6.45) is 0. The Kier molecular flexibility index (Phi) is 5.07. The summed E-state index contributed by atoms with van der Waals surface area (Å²) >= 11 is 0. The Morgan fingerprint density at radius 2 is 2.00 bits per heavy atom. The normalized spacial score (nSPS) is 11.7. The zero-order valence-electron chi connectivity index (χ0n) is 13.9. The van der Waals surface area contributed by atoms with Crippen LogP contribution in [0.3, 0.4) is 0 Å². The summed E-state index contributed by atoms with van der Waals surface area (Å²) in [5, 5.41) is 13.5. The second kappa shape index (κ2) is 7.60. The van der Waals surface area contributed by atoms with Crippen LogP contribution in [0.25, 0.3) is 0 Å². The van der Waals surface area contributed by atoms with Crippen LogP contribution >= 0.6 is 0 Å². The fraction of sp³-hybridized carbons (Fsp3) is 0.235. The van der Waals surface area contributed by atoms with Crippen LogP contribution in [-0.4, -0.2) is 31.3 Å². The third kappa shape index (κ3) is 3.94. The molecule has 0 spiro atoms. The number of non-ortho nitro benzene ring substituents is 1. The Balaban J connectivity index is 1.55. The molecule has 2 aromatic carbocycles. The van der Waals surface area contributed by atoms with Crippen molar-refractivity contribution >= 4 is 11.6 Å². The van der Waals surface area contributed by atoms with E-state index in [2.05, 4.69) is 5.32 Å². The Bertz CT molecular complexity index is 838. The Morgan fingerprint density at radius 1 is 1.19 bits per heavy atom. The van der Waals surface area contributed by atoms with Crippen molar-refractivity contribution in [2.24, 2.45) is 0 Å². The van der Waals surface area contributed by atoms with Gasteiger partial charge in [0.25, 0.3) is 11.6 Å². The molecule has 0 aromatic heterocycles. The molecule has 136 valence electrons. The number of hydrogen-bond acceptors (Lipinski definition) is 7. The van der Waals surface area contributed by atoms with Gasteiger partial charge in [-0.2, -0.15) is 0 Å². The molecule has 9 heteroatoms. The quantitative estimate of drug-likeness (QED) is 0.594. The van der Waals surface area contributed by atoms with E-state index in [0.717, 1.165) is 5.56 Å². The first-order valence-electron chi connectivity index (χ1n) is 7.67. The number of benzene rings is 2. The smallest absolute Gasteiger partial charge is 0.273 e. The number of rotatable bonds is 7. The Labute approximate surface area is 148 Å². The van der Waals surface area contributed by atoms with E-state index < -0.39 is 4.92 Å². The Morgan fingerprint density at radius 3 is 2.77 bits per heavy atom. The minimum absolute atomic E-state index is 0.125. The Hall–Kier alpha value is -3.49. The number of carbonyl (C=O) groups is 1. The van der Waals surface area contributed by atoms with Crippen molar-refractivity contribution in [1.29, 1.82) is 0 Å². The van der Waals surface area contributed by atoms with Crippen LogP contribution in [0.5, 0.6) is 23.0 Å². The maximum absolute atomic E-state index is 12.0. The molecule has 0 aliphatic carbocycles. The summed E-state index contributed by atoms with van der Waals surface area (Å²) in [6.45, 7) is 0.164. The zero-order valence-corrected chi connectivity index (χ0v) is 13.9. The first-order chi connectivity index (χ1) is 12.6. The molecule has 0 saturated heterocycles. The highest BCUT2D eigenvalue weighted by Gasteiger charge is 2.15. The molecule has 0 radical (unpaired) electrons. The largest absolute Gasteiger partial charge is 0.493 e. The summed E-state index contributed by atoms with van der Waals surface area (Å²) in [6, 6.07) is 9.30. The van der Waals surface area contributed by atoms with Crippen molar-refractivity contribution < 1.29 is 28.7 Å². The van der Waals surface area contributed by atoms with Crippen LogP contribution in [0.1, 0.15) is 5.56 Å². The fourth-order valence-electron chi connectivity index (χ4n) is 2.34. The number of nitrogens with zero attached hydrogens (tertiary/aromatic N) is 1. The van der Waals surface area contributed by atoms with Crippen molar-refractivity contribution in [2.75, 3.05) is 20.5 Å². The first-order valence-corrected chi connectivity index (χ1v) is 7.67. The predicted molar refractivity (Wildman–Crippen MR) is 89.6 cm³/mol. The van der Waals surface area contributed by atoms with Gasteiger partial charge < -0.3 is 24.3 Å². The summed E-state index contributed by atoms with van der Waals surface area (Å²) < 4.78 is 20.9. The van der Waals surface area contributed by atoms with Crippen molar-refractivity contribution in [3.05, 3.63) is 52.1 Å². The van der Waals surface area contributed by atoms with E-state index in [1.54, 1.807) is 12.1 Å². The maximum atomic E-state index is 12.0. The van der Waals surface area contributed by atoms with Gasteiger partial charge in [-0.05, 0) is 23.8 Å². The molecule has 1 N–H and O–H groups in total. The molecule has 0 atom stereocenters. The van der Waals surface area contributed by atoms with E-state index in [0.29, 0.717) is 17.2 Å². The van der Waals surface area contributed by atoms with E-state index in [1.165, 1.54) is 25.3 Å². The van der Waals surface area contributed by atoms with E-state index in [4.69, 9.17) is 18.9 Å². The lowest BCUT2D eigenvalue weighted by atomic mass is 10.2. The molecule has 0 saturated carbocycles. The third-order valence-corrected chi connectivity index (χ3v) is 3.64. The van der Waals surface area contributed by atoms with Crippen molar-refractivity contribution in [2.45, 2.75) is 6.54 Å². The molecule has 9 nitrogen and oxygen atoms in total. The van der Waals surface area contributed by atoms with Gasteiger partial charge in [0.15, 0.2) is 29.6 Å². The number of nitro groups is 1. The summed E-state index contributed by atoms with van der Waals surface area (Å²) in [5.74, 6) is 1.35. The number of nitrogens with one attached hydrogen (secondary N) is 1. The number of nitro benzene ring substituents is 1. The van der Waals surface area contributed by atoms with Gasteiger partial charge in [-0.25, -0.2) is 0 Å². The van der Waals surface area contributed by atoms with Gasteiger partial charge in [0.05, 0.1) is 18.1 Å². The highest BCUT2D eigenvalue weighted by molar-refractivity contribution is 5.77. The summed E-state index contributed by atoms with van der Waals surface area (Å²) in [5.41, 5.74) is 0.692. The maximum Gasteiger partial charge on any atom is 0.273 e. The standard InChI is InChI=1S/C17H16N2O7/c1-23-13-5-3-12(19(21)22)7-16(13)24-9-17(20)18-8-11-2-4-14-15(6-11)26-10-25-14/h2-7H,8-10H2,1H3,(H,18,20). The average Bonchev–Trinajstić information content (AvgIpc) is 3.12. The van der Waals surface area contributed by atoms with Gasteiger partial charge in [0.2, 0.25) is 6.79 Å². The van der Waals surface area contributed by atoms with E-state index in [-0.39, 0.29) is 37.3 Å². The summed E-state index contributed by atoms with van der Waals surface area (Å²) in [7, 11) is 1.41. The minimum atomic E-state index is -0.550. The fourth-order valence-corrected chi connectivity index (χ4v) is 2.34. The first kappa shape index (κ1) is 17.3. The third-order valence-electron chi connectivity index (χ3n) is 3.64. The molecule has 1 amide bonds. The molecule has 0 fully saturated rings. The number of fused-ring (bicyclic) bond motifs is 1. The molecule has 0 unspecified atom stereocenters. The molecule has 1 heterocycles. The van der Waals surface area contributed by atoms with E-state index in [9.17, 15) is 14.9 Å². The SMILES string of the molecule is COc1ccc([N+](=O)[O-])cc1OCC(=O)NCc1ccc2c(c1)OCO2. The lowest BCUT2D eigenvalue weighted by molar-refractivity contribution is -0.385. The molecule has 3 rings (SSSR count). The summed E-state index contributed by atoms with van der Waals surface area (Å²) in [4.78, 5) is 22.3. The molecule has 26 heavy (non-hydrogen) atoms. The van der Waals surface area contributed by atoms with Gasteiger partial charge in [0, 0.05) is 12.6 Å². The molecule has 1 aliphatic rings. The average molecular weight is 360 g/mol. The van der Waals surface area contributed by atoms with Crippen LogP contribution in [-0.2, 0) is 11.3 Å². The zero-order chi connectivity index (χ0) is 18.5. The highest BCUT2D eigenvalue weighted by Crippen LogP contribution is 2.32. The topological polar surface area (TPSA) is 109 Å². The van der Waals surface area contributed by atoms with Crippen molar-refractivity contribution in [1.82, 2.24) is 5.32 Å². The number of carbonyl (C=O) groups excluding carboxylic acids is 1. The molecular formula is C17H16N2O7. The van der Waals surface area contributed by atoms with Crippen LogP contribution in [0.15, 0.2) is 36.4 Å². The minimum Gasteiger partial charge on any atom is -0.493 e. The van der Waals surface area contributed by atoms with Crippen molar-refractivity contribution in [3.63, 3.8) is 0 Å². The van der Waals surface area contributed by atoms with Crippen LogP contribution < -0.4 is 24.3 Å². The van der Waals surface area contributed by atoms with E-state index in [1.807, 2.05) is 6.07 Å². The molecule has 0 bridgehead atoms. The molecule has 2 aromatic rings. The second-order valence-electron chi connectivity index (χ2n) is 5.35. The van der Waals surface area contributed by atoms with Gasteiger partial charge in [0.1, 0.15) is 0 Å². The highest BCUT2D eigenvalue weighted by atomic mass is 16.7. The van der Waals surface area contributed by atoms with Gasteiger partial charge in [-0.1, -0.05) is 6.07 Å². The number of ether oxygens (including phenoxy) is 4. The van der Waals surface area contributed by atoms with Crippen LogP contribution in [0, 0.1) is 10.1 Å². The lowest BCUT2D eigenvalue weighted by Gasteiger charge is -2.11. The predicted octanol–water partition coefficient (Wildman–Crippen LogP) is 2.03. The van der Waals surface area contributed by atoms with Crippen molar-refractivity contribution in [3.8, 4) is 23.0 Å². The number of methoxy groups -OCH3 is 1.